The second-order valence-corrected chi connectivity index (χ2v) is 10.3. The molecular weight excluding hydrogens is 499 g/mol. The van der Waals surface area contributed by atoms with Crippen molar-refractivity contribution < 1.29 is 22.7 Å². The summed E-state index contributed by atoms with van der Waals surface area (Å²) in [5, 5.41) is 3.73. The molecule has 38 heavy (non-hydrogen) atoms. The van der Waals surface area contributed by atoms with Crippen molar-refractivity contribution in [3.8, 4) is 0 Å². The molecule has 1 N–H and O–H groups in total. The zero-order valence-corrected chi connectivity index (χ0v) is 21.9. The third-order valence-electron chi connectivity index (χ3n) is 6.28. The van der Waals surface area contributed by atoms with Crippen LogP contribution in [0.1, 0.15) is 56.8 Å². The summed E-state index contributed by atoms with van der Waals surface area (Å²) in [6, 6.07) is 6.31. The van der Waals surface area contributed by atoms with E-state index in [2.05, 4.69) is 15.3 Å². The lowest BCUT2D eigenvalue weighted by Gasteiger charge is -2.29. The molecule has 1 amide bonds. The van der Waals surface area contributed by atoms with E-state index in [-0.39, 0.29) is 5.56 Å². The number of aromatic nitrogens is 3. The molecule has 2 aromatic heterocycles. The van der Waals surface area contributed by atoms with Gasteiger partial charge in [0.15, 0.2) is 0 Å². The first-order valence-corrected chi connectivity index (χ1v) is 12.2. The highest BCUT2D eigenvalue weighted by Gasteiger charge is 2.31. The van der Waals surface area contributed by atoms with E-state index in [9.17, 15) is 22.8 Å². The SMILES string of the molecule is C[C@@H](Nc1ncnc2c1cc(C1=CCN(C(=O)OC(C)(C)C)CC1)c(=O)n2C)c1cccc(C(F)(F)F)c1. The van der Waals surface area contributed by atoms with Gasteiger partial charge >= 0.3 is 12.3 Å². The number of carbonyl (C=O) groups excluding carboxylic acids is 1. The smallest absolute Gasteiger partial charge is 0.416 e. The number of fused-ring (bicyclic) bond motifs is 1. The summed E-state index contributed by atoms with van der Waals surface area (Å²) < 4.78 is 46.5. The Morgan fingerprint density at radius 3 is 2.53 bits per heavy atom. The van der Waals surface area contributed by atoms with E-state index in [0.717, 1.165) is 17.7 Å². The predicted molar refractivity (Wildman–Crippen MR) is 139 cm³/mol. The van der Waals surface area contributed by atoms with Crippen LogP contribution in [0.4, 0.5) is 23.8 Å². The minimum absolute atomic E-state index is 0.245. The lowest BCUT2D eigenvalue weighted by atomic mass is 9.99. The molecule has 0 saturated carbocycles. The predicted octanol–water partition coefficient (Wildman–Crippen LogP) is 5.54. The molecule has 8 nitrogen and oxygen atoms in total. The molecular formula is C27H30F3N5O3. The van der Waals surface area contributed by atoms with E-state index in [1.807, 2.05) is 6.08 Å². The van der Waals surface area contributed by atoms with Crippen LogP contribution in [0, 0.1) is 0 Å². The third-order valence-corrected chi connectivity index (χ3v) is 6.28. The number of hydrogen-bond donors (Lipinski definition) is 1. The number of rotatable bonds is 4. The topological polar surface area (TPSA) is 89.4 Å². The molecule has 0 spiro atoms. The summed E-state index contributed by atoms with van der Waals surface area (Å²) in [5.74, 6) is 0.392. The number of amides is 1. The number of aryl methyl sites for hydroxylation is 1. The van der Waals surface area contributed by atoms with E-state index in [4.69, 9.17) is 4.74 Å². The van der Waals surface area contributed by atoms with Gasteiger partial charge in [0, 0.05) is 31.7 Å². The number of benzene rings is 1. The summed E-state index contributed by atoms with van der Waals surface area (Å²) in [4.78, 5) is 35.8. The molecule has 0 unspecified atom stereocenters. The van der Waals surface area contributed by atoms with Gasteiger partial charge in [0.25, 0.3) is 5.56 Å². The normalized spacial score (nSPS) is 15.3. The van der Waals surface area contributed by atoms with Crippen LogP contribution in [0.3, 0.4) is 0 Å². The number of alkyl halides is 3. The van der Waals surface area contributed by atoms with Crippen molar-refractivity contribution in [1.29, 1.82) is 0 Å². The summed E-state index contributed by atoms with van der Waals surface area (Å²) >= 11 is 0. The number of halogens is 3. The summed E-state index contributed by atoms with van der Waals surface area (Å²) in [5.41, 5.74) is 0.481. The Bertz CT molecular complexity index is 1460. The van der Waals surface area contributed by atoms with E-state index >= 15 is 0 Å². The first-order chi connectivity index (χ1) is 17.7. The molecule has 3 aromatic rings. The van der Waals surface area contributed by atoms with Gasteiger partial charge in [-0.2, -0.15) is 13.2 Å². The third kappa shape index (κ3) is 5.81. The van der Waals surface area contributed by atoms with E-state index < -0.39 is 29.5 Å². The van der Waals surface area contributed by atoms with Crippen molar-refractivity contribution in [2.45, 2.75) is 51.9 Å². The van der Waals surface area contributed by atoms with E-state index in [1.54, 1.807) is 51.8 Å². The highest BCUT2D eigenvalue weighted by molar-refractivity contribution is 5.89. The van der Waals surface area contributed by atoms with Gasteiger partial charge in [0.05, 0.1) is 10.9 Å². The van der Waals surface area contributed by atoms with Gasteiger partial charge in [0.1, 0.15) is 23.4 Å². The molecule has 0 aliphatic carbocycles. The Balaban J connectivity index is 1.65. The van der Waals surface area contributed by atoms with Gasteiger partial charge in [-0.3, -0.25) is 9.36 Å². The standard InChI is InChI=1S/C27H30F3N5O3/c1-16(18-7-6-8-19(13-18)27(28,29)30)33-22-21-14-20(24(36)34(5)23(21)32-15-31-22)17-9-11-35(12-10-17)25(37)38-26(2,3)4/h6-9,13-16H,10-12H2,1-5H3,(H,31,32,33)/t16-/m1/s1. The van der Waals surface area contributed by atoms with Gasteiger partial charge in [-0.15, -0.1) is 0 Å². The summed E-state index contributed by atoms with van der Waals surface area (Å²) in [6.07, 6.45) is -1.27. The van der Waals surface area contributed by atoms with Crippen molar-refractivity contribution in [1.82, 2.24) is 19.4 Å². The molecule has 0 fully saturated rings. The van der Waals surface area contributed by atoms with Crippen molar-refractivity contribution in [2.24, 2.45) is 7.05 Å². The Morgan fingerprint density at radius 2 is 1.89 bits per heavy atom. The van der Waals surface area contributed by atoms with Crippen LogP contribution >= 0.6 is 0 Å². The zero-order valence-electron chi connectivity index (χ0n) is 21.9. The molecule has 1 atom stereocenters. The van der Waals surface area contributed by atoms with Gasteiger partial charge in [0.2, 0.25) is 0 Å². The summed E-state index contributed by atoms with van der Waals surface area (Å²) in [7, 11) is 1.61. The average molecular weight is 530 g/mol. The Kier molecular flexibility index (Phi) is 7.22. The van der Waals surface area contributed by atoms with Gasteiger partial charge in [-0.25, -0.2) is 14.8 Å². The molecule has 1 aromatic carbocycles. The minimum Gasteiger partial charge on any atom is -0.444 e. The maximum Gasteiger partial charge on any atom is 0.416 e. The Morgan fingerprint density at radius 1 is 1.16 bits per heavy atom. The first-order valence-electron chi connectivity index (χ1n) is 12.2. The number of pyridine rings is 1. The molecule has 0 bridgehead atoms. The number of nitrogens with one attached hydrogen (secondary N) is 1. The first kappa shape index (κ1) is 27.2. The highest BCUT2D eigenvalue weighted by atomic mass is 19.4. The van der Waals surface area contributed by atoms with Crippen LogP contribution in [0.2, 0.25) is 0 Å². The fourth-order valence-corrected chi connectivity index (χ4v) is 4.29. The fraction of sp³-hybridized carbons (Fsp3) is 0.407. The van der Waals surface area contributed by atoms with Crippen molar-refractivity contribution in [3.63, 3.8) is 0 Å². The molecule has 0 radical (unpaired) electrons. The molecule has 202 valence electrons. The van der Waals surface area contributed by atoms with Crippen LogP contribution in [-0.4, -0.2) is 44.2 Å². The fourth-order valence-electron chi connectivity index (χ4n) is 4.29. The van der Waals surface area contributed by atoms with E-state index in [1.165, 1.54) is 17.0 Å². The maximum absolute atomic E-state index is 13.2. The average Bonchev–Trinajstić information content (AvgIpc) is 2.85. The quantitative estimate of drug-likeness (QED) is 0.477. The second kappa shape index (κ2) is 10.1. The molecule has 4 rings (SSSR count). The molecule has 1 aliphatic heterocycles. The van der Waals surface area contributed by atoms with Crippen LogP contribution in [0.5, 0.6) is 0 Å². The number of anilines is 1. The van der Waals surface area contributed by atoms with Crippen LogP contribution in [-0.2, 0) is 18.0 Å². The van der Waals surface area contributed by atoms with Crippen LogP contribution in [0.25, 0.3) is 16.6 Å². The van der Waals surface area contributed by atoms with Crippen molar-refractivity contribution in [2.75, 3.05) is 18.4 Å². The number of ether oxygens (including phenoxy) is 1. The van der Waals surface area contributed by atoms with Gasteiger partial charge in [-0.1, -0.05) is 18.2 Å². The molecule has 0 saturated heterocycles. The molecule has 1 aliphatic rings. The number of nitrogens with zero attached hydrogens (tertiary/aromatic N) is 4. The number of carbonyl (C=O) groups is 1. The second-order valence-electron chi connectivity index (χ2n) is 10.3. The van der Waals surface area contributed by atoms with Gasteiger partial charge in [-0.05, 0) is 63.5 Å². The van der Waals surface area contributed by atoms with Gasteiger partial charge < -0.3 is 15.0 Å². The molecule has 3 heterocycles. The van der Waals surface area contributed by atoms with Crippen LogP contribution < -0.4 is 10.9 Å². The largest absolute Gasteiger partial charge is 0.444 e. The summed E-state index contributed by atoms with van der Waals surface area (Å²) in [6.45, 7) is 7.84. The lowest BCUT2D eigenvalue weighted by molar-refractivity contribution is -0.137. The maximum atomic E-state index is 13.2. The number of hydrogen-bond acceptors (Lipinski definition) is 6. The van der Waals surface area contributed by atoms with Crippen molar-refractivity contribution >= 4 is 28.5 Å². The van der Waals surface area contributed by atoms with Crippen LogP contribution in [0.15, 0.2) is 47.5 Å². The Hall–Kier alpha value is -3.89. The highest BCUT2D eigenvalue weighted by Crippen LogP contribution is 2.32. The van der Waals surface area contributed by atoms with E-state index in [0.29, 0.717) is 47.5 Å². The lowest BCUT2D eigenvalue weighted by Crippen LogP contribution is -2.39. The Labute approximate surface area is 218 Å². The minimum atomic E-state index is -4.45. The molecule has 11 heteroatoms. The zero-order chi connectivity index (χ0) is 27.8. The van der Waals surface area contributed by atoms with Crippen molar-refractivity contribution in [3.05, 3.63) is 69.8 Å². The monoisotopic (exact) mass is 529 g/mol.